The molecule has 0 aliphatic heterocycles. The van der Waals surface area contributed by atoms with E-state index >= 15 is 0 Å². The minimum atomic E-state index is -0.290. The van der Waals surface area contributed by atoms with Gasteiger partial charge in [-0.15, -0.1) is 16.8 Å². The van der Waals surface area contributed by atoms with Crippen molar-refractivity contribution in [2.24, 2.45) is 0 Å². The average molecular weight is 512 g/mol. The Morgan fingerprint density at radius 1 is 1.17 bits per heavy atom. The van der Waals surface area contributed by atoms with E-state index in [0.29, 0.717) is 34.8 Å². The number of amides is 2. The first-order valence-electron chi connectivity index (χ1n) is 10.9. The quantitative estimate of drug-likeness (QED) is 0.210. The van der Waals surface area contributed by atoms with Crippen LogP contribution >= 0.6 is 23.4 Å². The number of aromatic nitrogens is 3. The Morgan fingerprint density at radius 2 is 1.94 bits per heavy atom. The summed E-state index contributed by atoms with van der Waals surface area (Å²) >= 11 is 7.36. The van der Waals surface area contributed by atoms with Crippen LogP contribution in [0.15, 0.2) is 72.4 Å². The Bertz CT molecular complexity index is 1190. The third-order valence-corrected chi connectivity index (χ3v) is 5.94. The largest absolute Gasteiger partial charge is 0.494 e. The first kappa shape index (κ1) is 26.1. The molecule has 2 N–H and O–H groups in total. The van der Waals surface area contributed by atoms with Crippen LogP contribution in [-0.4, -0.2) is 38.9 Å². The molecule has 0 saturated carbocycles. The van der Waals surface area contributed by atoms with Gasteiger partial charge >= 0.3 is 0 Å². The second-order valence-corrected chi connectivity index (χ2v) is 8.51. The van der Waals surface area contributed by atoms with E-state index in [2.05, 4.69) is 27.4 Å². The molecule has 0 aliphatic rings. The molecule has 0 fully saturated rings. The molecule has 1 aromatic heterocycles. The number of carbonyl (C=O) groups is 2. The van der Waals surface area contributed by atoms with Gasteiger partial charge < -0.3 is 19.9 Å². The van der Waals surface area contributed by atoms with Gasteiger partial charge in [0.05, 0.1) is 18.9 Å². The maximum absolute atomic E-state index is 12.4. The first-order valence-corrected chi connectivity index (χ1v) is 12.3. The van der Waals surface area contributed by atoms with E-state index < -0.39 is 0 Å². The van der Waals surface area contributed by atoms with Gasteiger partial charge in [-0.05, 0) is 48.9 Å². The lowest BCUT2D eigenvalue weighted by atomic mass is 10.2. The summed E-state index contributed by atoms with van der Waals surface area (Å²) in [6.07, 6.45) is 4.77. The van der Waals surface area contributed by atoms with Crippen LogP contribution < -0.4 is 15.4 Å². The van der Waals surface area contributed by atoms with E-state index in [1.807, 2.05) is 25.1 Å². The van der Waals surface area contributed by atoms with E-state index in [9.17, 15) is 9.59 Å². The van der Waals surface area contributed by atoms with Crippen LogP contribution in [0.4, 0.5) is 5.69 Å². The predicted molar refractivity (Wildman–Crippen MR) is 140 cm³/mol. The van der Waals surface area contributed by atoms with Crippen LogP contribution in [0.5, 0.6) is 5.75 Å². The van der Waals surface area contributed by atoms with Crippen molar-refractivity contribution in [3.05, 3.63) is 83.7 Å². The van der Waals surface area contributed by atoms with Crippen molar-refractivity contribution in [1.82, 2.24) is 20.1 Å². The van der Waals surface area contributed by atoms with E-state index in [4.69, 9.17) is 16.3 Å². The van der Waals surface area contributed by atoms with Crippen molar-refractivity contribution in [2.75, 3.05) is 17.7 Å². The topological polar surface area (TPSA) is 98.1 Å². The molecule has 0 saturated heterocycles. The van der Waals surface area contributed by atoms with E-state index in [1.54, 1.807) is 47.1 Å². The van der Waals surface area contributed by atoms with E-state index in [0.717, 1.165) is 11.3 Å². The number of hydrogen-bond acceptors (Lipinski definition) is 6. The number of hydrogen-bond donors (Lipinski definition) is 2. The lowest BCUT2D eigenvalue weighted by Gasteiger charge is -2.09. The highest BCUT2D eigenvalue weighted by Crippen LogP contribution is 2.20. The van der Waals surface area contributed by atoms with Crippen LogP contribution in [0, 0.1) is 0 Å². The highest BCUT2D eigenvalue weighted by atomic mass is 35.5. The molecule has 182 valence electrons. The second-order valence-electron chi connectivity index (χ2n) is 7.16. The molecule has 3 aromatic rings. The molecule has 0 aliphatic carbocycles. The van der Waals surface area contributed by atoms with Crippen LogP contribution in [0.1, 0.15) is 18.3 Å². The molecular formula is C25H26ClN5O3S. The number of benzene rings is 2. The molecule has 0 bridgehead atoms. The summed E-state index contributed by atoms with van der Waals surface area (Å²) in [6, 6.07) is 14.4. The maximum Gasteiger partial charge on any atom is 0.244 e. The number of anilines is 1. The Hall–Kier alpha value is -3.56. The summed E-state index contributed by atoms with van der Waals surface area (Å²) in [5.74, 6) is 0.985. The highest BCUT2D eigenvalue weighted by molar-refractivity contribution is 7.99. The third-order valence-electron chi connectivity index (χ3n) is 4.63. The zero-order chi connectivity index (χ0) is 25.0. The summed E-state index contributed by atoms with van der Waals surface area (Å²) in [7, 11) is 0. The standard InChI is InChI=1S/C25H26ClN5O3S/c1-3-15-31-22(16-27-23(32)14-9-18-7-5-6-8-21(18)26)29-30-25(31)35-17-24(33)28-19-10-12-20(13-11-19)34-4-2/h3,5-14H,1,4,15-17H2,2H3,(H,27,32)(H,28,33). The van der Waals surface area contributed by atoms with Gasteiger partial charge in [0.15, 0.2) is 11.0 Å². The molecule has 0 radical (unpaired) electrons. The lowest BCUT2D eigenvalue weighted by Crippen LogP contribution is -2.23. The summed E-state index contributed by atoms with van der Waals surface area (Å²) in [5, 5.41) is 15.1. The van der Waals surface area contributed by atoms with Crippen LogP contribution in [0.2, 0.25) is 5.02 Å². The van der Waals surface area contributed by atoms with Crippen LogP contribution in [-0.2, 0) is 22.7 Å². The van der Waals surface area contributed by atoms with Gasteiger partial charge in [0, 0.05) is 23.3 Å². The van der Waals surface area contributed by atoms with Crippen molar-refractivity contribution in [2.45, 2.75) is 25.2 Å². The number of ether oxygens (including phenoxy) is 1. The molecule has 0 unspecified atom stereocenters. The molecule has 0 atom stereocenters. The summed E-state index contributed by atoms with van der Waals surface area (Å²) < 4.78 is 7.21. The van der Waals surface area contributed by atoms with Gasteiger partial charge in [-0.2, -0.15) is 0 Å². The Morgan fingerprint density at radius 3 is 2.66 bits per heavy atom. The fourth-order valence-corrected chi connectivity index (χ4v) is 3.96. The maximum atomic E-state index is 12.4. The predicted octanol–water partition coefficient (Wildman–Crippen LogP) is 4.58. The van der Waals surface area contributed by atoms with Gasteiger partial charge in [-0.1, -0.05) is 47.6 Å². The number of nitrogens with zero attached hydrogens (tertiary/aromatic N) is 3. The molecule has 35 heavy (non-hydrogen) atoms. The summed E-state index contributed by atoms with van der Waals surface area (Å²) in [6.45, 7) is 6.88. The molecule has 8 nitrogen and oxygen atoms in total. The second kappa shape index (κ2) is 13.4. The number of halogens is 1. The van der Waals surface area contributed by atoms with Crippen LogP contribution in [0.25, 0.3) is 6.08 Å². The molecule has 10 heteroatoms. The molecule has 2 aromatic carbocycles. The summed E-state index contributed by atoms with van der Waals surface area (Å²) in [5.41, 5.74) is 1.43. The average Bonchev–Trinajstić information content (AvgIpc) is 3.24. The minimum Gasteiger partial charge on any atom is -0.494 e. The van der Waals surface area contributed by atoms with Crippen LogP contribution in [0.3, 0.4) is 0 Å². The normalized spacial score (nSPS) is 10.8. The molecule has 3 rings (SSSR count). The van der Waals surface area contributed by atoms with Gasteiger partial charge in [0.25, 0.3) is 0 Å². The smallest absolute Gasteiger partial charge is 0.244 e. The molecule has 1 heterocycles. The zero-order valence-electron chi connectivity index (χ0n) is 19.2. The summed E-state index contributed by atoms with van der Waals surface area (Å²) in [4.78, 5) is 24.6. The van der Waals surface area contributed by atoms with Crippen molar-refractivity contribution in [3.63, 3.8) is 0 Å². The number of nitrogens with one attached hydrogen (secondary N) is 2. The van der Waals surface area contributed by atoms with Gasteiger partial charge in [-0.25, -0.2) is 0 Å². The van der Waals surface area contributed by atoms with Crippen molar-refractivity contribution >= 4 is 46.9 Å². The highest BCUT2D eigenvalue weighted by Gasteiger charge is 2.14. The Balaban J connectivity index is 1.54. The van der Waals surface area contributed by atoms with Gasteiger partial charge in [0.2, 0.25) is 11.8 Å². The van der Waals surface area contributed by atoms with Crippen molar-refractivity contribution in [1.29, 1.82) is 0 Å². The van der Waals surface area contributed by atoms with Crippen molar-refractivity contribution in [3.8, 4) is 5.75 Å². The molecular weight excluding hydrogens is 486 g/mol. The Labute approximate surface area is 213 Å². The Kier molecular flexibility index (Phi) is 9.94. The monoisotopic (exact) mass is 511 g/mol. The number of allylic oxidation sites excluding steroid dienone is 1. The zero-order valence-corrected chi connectivity index (χ0v) is 20.8. The number of thioether (sulfide) groups is 1. The lowest BCUT2D eigenvalue weighted by molar-refractivity contribution is -0.116. The minimum absolute atomic E-state index is 0.148. The number of rotatable bonds is 12. The van der Waals surface area contributed by atoms with Gasteiger partial charge in [0.1, 0.15) is 5.75 Å². The third kappa shape index (κ3) is 8.01. The molecule has 0 spiro atoms. The fourth-order valence-electron chi connectivity index (χ4n) is 3.00. The fraction of sp³-hybridized carbons (Fsp3) is 0.200. The first-order chi connectivity index (χ1) is 17.0. The van der Waals surface area contributed by atoms with Gasteiger partial charge in [-0.3, -0.25) is 9.59 Å². The van der Waals surface area contributed by atoms with E-state index in [-0.39, 0.29) is 24.1 Å². The number of carbonyl (C=O) groups excluding carboxylic acids is 2. The van der Waals surface area contributed by atoms with Crippen molar-refractivity contribution < 1.29 is 14.3 Å². The van der Waals surface area contributed by atoms with E-state index in [1.165, 1.54) is 17.8 Å². The molecule has 2 amide bonds. The SMILES string of the molecule is C=CCn1c(CNC(=O)C=Cc2ccccc2Cl)nnc1SCC(=O)Nc1ccc(OCC)cc1.